The molecule has 0 saturated heterocycles. The fourth-order valence-corrected chi connectivity index (χ4v) is 1.66. The normalized spacial score (nSPS) is 15.1. The summed E-state index contributed by atoms with van der Waals surface area (Å²) in [6.45, 7) is 6.64. The van der Waals surface area contributed by atoms with Crippen LogP contribution in [0.25, 0.3) is 0 Å². The zero-order valence-corrected chi connectivity index (χ0v) is 10.0. The number of benzene rings is 1. The lowest BCUT2D eigenvalue weighted by atomic mass is 9.95. The van der Waals surface area contributed by atoms with E-state index < -0.39 is 0 Å². The Kier molecular flexibility index (Phi) is 4.47. The Bertz CT molecular complexity index is 234. The van der Waals surface area contributed by atoms with E-state index >= 15 is 0 Å². The van der Waals surface area contributed by atoms with Gasteiger partial charge in [-0.3, -0.25) is 0 Å². The second kappa shape index (κ2) is 5.41. The predicted molar refractivity (Wildman–Crippen MR) is 64.3 cm³/mol. The van der Waals surface area contributed by atoms with Gasteiger partial charge in [-0.1, -0.05) is 45.0 Å². The van der Waals surface area contributed by atoms with E-state index in [9.17, 15) is 0 Å². The van der Waals surface area contributed by atoms with Gasteiger partial charge in [0.25, 0.3) is 0 Å². The van der Waals surface area contributed by atoms with Crippen molar-refractivity contribution in [3.63, 3.8) is 0 Å². The Hall–Kier alpha value is -0.490. The summed E-state index contributed by atoms with van der Waals surface area (Å²) in [5.74, 6) is 1.82. The Morgan fingerprint density at radius 1 is 1.00 bits per heavy atom. The molecule has 0 aromatic heterocycles. The average Bonchev–Trinajstić information content (AvgIpc) is 2.27. The van der Waals surface area contributed by atoms with Gasteiger partial charge < -0.3 is 0 Å². The van der Waals surface area contributed by atoms with Crippen molar-refractivity contribution in [1.82, 2.24) is 0 Å². The Morgan fingerprint density at radius 2 is 1.43 bits per heavy atom. The first-order valence-corrected chi connectivity index (χ1v) is 5.88. The maximum atomic E-state index is 5.82. The molecule has 1 rings (SSSR count). The highest BCUT2D eigenvalue weighted by atomic mass is 35.5. The summed E-state index contributed by atoms with van der Waals surface area (Å²) in [5.41, 5.74) is 2.77. The van der Waals surface area contributed by atoms with Gasteiger partial charge in [-0.15, -0.1) is 11.6 Å². The Labute approximate surface area is 92.3 Å². The third kappa shape index (κ3) is 2.75. The summed E-state index contributed by atoms with van der Waals surface area (Å²) in [6.07, 6.45) is 1.20. The number of rotatable bonds is 4. The summed E-state index contributed by atoms with van der Waals surface area (Å²) >= 11 is 5.82. The van der Waals surface area contributed by atoms with E-state index in [-0.39, 0.29) is 0 Å². The molecule has 0 heterocycles. The van der Waals surface area contributed by atoms with Gasteiger partial charge in [0.15, 0.2) is 0 Å². The fourth-order valence-electron chi connectivity index (χ4n) is 1.48. The molecule has 0 nitrogen and oxygen atoms in total. The molecule has 1 aromatic carbocycles. The average molecular weight is 211 g/mol. The van der Waals surface area contributed by atoms with Crippen molar-refractivity contribution in [2.24, 2.45) is 0 Å². The van der Waals surface area contributed by atoms with Gasteiger partial charge in [-0.2, -0.15) is 0 Å². The van der Waals surface area contributed by atoms with E-state index in [0.717, 1.165) is 0 Å². The first kappa shape index (κ1) is 11.6. The van der Waals surface area contributed by atoms with Gasteiger partial charge in [0.1, 0.15) is 0 Å². The summed E-state index contributed by atoms with van der Waals surface area (Å²) in [7, 11) is 0. The molecule has 0 bridgehead atoms. The van der Waals surface area contributed by atoms with Crippen LogP contribution < -0.4 is 0 Å². The third-order valence-electron chi connectivity index (χ3n) is 2.92. The van der Waals surface area contributed by atoms with Crippen LogP contribution in [0, 0.1) is 0 Å². The molecule has 78 valence electrons. The molecular weight excluding hydrogens is 192 g/mol. The van der Waals surface area contributed by atoms with Gasteiger partial charge in [-0.05, 0) is 29.4 Å². The molecule has 1 heteroatoms. The zero-order valence-electron chi connectivity index (χ0n) is 9.26. The number of hydrogen-bond acceptors (Lipinski definition) is 0. The second-order valence-corrected chi connectivity index (χ2v) is 4.34. The predicted octanol–water partition coefficient (Wildman–Crippen LogP) is 4.54. The van der Waals surface area contributed by atoms with E-state index in [1.54, 1.807) is 0 Å². The molecule has 2 atom stereocenters. The van der Waals surface area contributed by atoms with Gasteiger partial charge in [-0.25, -0.2) is 0 Å². The number of alkyl halides is 1. The van der Waals surface area contributed by atoms with Crippen LogP contribution in [-0.4, -0.2) is 5.88 Å². The highest BCUT2D eigenvalue weighted by Gasteiger charge is 2.05. The van der Waals surface area contributed by atoms with Gasteiger partial charge in [0.05, 0.1) is 0 Å². The Balaban J connectivity index is 2.78. The summed E-state index contributed by atoms with van der Waals surface area (Å²) in [4.78, 5) is 0. The lowest BCUT2D eigenvalue weighted by molar-refractivity contribution is 0.732. The monoisotopic (exact) mass is 210 g/mol. The number of hydrogen-bond donors (Lipinski definition) is 0. The van der Waals surface area contributed by atoms with Crippen LogP contribution in [-0.2, 0) is 0 Å². The van der Waals surface area contributed by atoms with Crippen LogP contribution in [0.5, 0.6) is 0 Å². The summed E-state index contributed by atoms with van der Waals surface area (Å²) in [6, 6.07) is 8.86. The highest BCUT2D eigenvalue weighted by molar-refractivity contribution is 6.18. The van der Waals surface area contributed by atoms with Crippen LogP contribution in [0.2, 0.25) is 0 Å². The molecule has 0 saturated carbocycles. The van der Waals surface area contributed by atoms with Crippen molar-refractivity contribution < 1.29 is 0 Å². The first-order valence-electron chi connectivity index (χ1n) is 5.34. The van der Waals surface area contributed by atoms with Crippen molar-refractivity contribution in [2.45, 2.75) is 39.0 Å². The molecule has 0 radical (unpaired) electrons. The van der Waals surface area contributed by atoms with Gasteiger partial charge >= 0.3 is 0 Å². The van der Waals surface area contributed by atoms with Crippen molar-refractivity contribution in [1.29, 1.82) is 0 Å². The summed E-state index contributed by atoms with van der Waals surface area (Å²) < 4.78 is 0. The standard InChI is InChI=1S/C13H19Cl/c1-4-10(2)12-5-7-13(8-6-12)11(3)9-14/h5-8,10-11H,4,9H2,1-3H3. The summed E-state index contributed by atoms with van der Waals surface area (Å²) in [5, 5.41) is 0. The van der Waals surface area contributed by atoms with Crippen LogP contribution >= 0.6 is 11.6 Å². The molecule has 0 N–H and O–H groups in total. The van der Waals surface area contributed by atoms with Crippen molar-refractivity contribution in [2.75, 3.05) is 5.88 Å². The van der Waals surface area contributed by atoms with Crippen molar-refractivity contribution >= 4 is 11.6 Å². The molecule has 0 aliphatic rings. The van der Waals surface area contributed by atoms with E-state index in [4.69, 9.17) is 11.6 Å². The lowest BCUT2D eigenvalue weighted by Crippen LogP contribution is -1.96. The molecule has 0 aliphatic carbocycles. The van der Waals surface area contributed by atoms with Gasteiger partial charge in [0.2, 0.25) is 0 Å². The zero-order chi connectivity index (χ0) is 10.6. The van der Waals surface area contributed by atoms with Gasteiger partial charge in [0, 0.05) is 5.88 Å². The van der Waals surface area contributed by atoms with Crippen LogP contribution in [0.3, 0.4) is 0 Å². The maximum Gasteiger partial charge on any atom is 0.0289 e. The van der Waals surface area contributed by atoms with E-state index in [1.165, 1.54) is 17.5 Å². The Morgan fingerprint density at radius 3 is 1.79 bits per heavy atom. The fraction of sp³-hybridized carbons (Fsp3) is 0.538. The minimum atomic E-state index is 0.461. The topological polar surface area (TPSA) is 0 Å². The van der Waals surface area contributed by atoms with E-state index in [2.05, 4.69) is 45.0 Å². The lowest BCUT2D eigenvalue weighted by Gasteiger charge is -2.12. The van der Waals surface area contributed by atoms with Crippen LogP contribution in [0.4, 0.5) is 0 Å². The molecule has 0 amide bonds. The second-order valence-electron chi connectivity index (χ2n) is 4.03. The third-order valence-corrected chi connectivity index (χ3v) is 3.38. The van der Waals surface area contributed by atoms with Crippen LogP contribution in [0.1, 0.15) is 50.2 Å². The highest BCUT2D eigenvalue weighted by Crippen LogP contribution is 2.22. The molecule has 14 heavy (non-hydrogen) atoms. The molecule has 2 unspecified atom stereocenters. The minimum Gasteiger partial charge on any atom is -0.126 e. The van der Waals surface area contributed by atoms with E-state index in [0.29, 0.717) is 17.7 Å². The first-order chi connectivity index (χ1) is 6.69. The van der Waals surface area contributed by atoms with Crippen molar-refractivity contribution in [3.05, 3.63) is 35.4 Å². The SMILES string of the molecule is CCC(C)c1ccc(C(C)CCl)cc1. The molecule has 0 fully saturated rings. The minimum absolute atomic E-state index is 0.461. The largest absolute Gasteiger partial charge is 0.126 e. The van der Waals surface area contributed by atoms with Crippen molar-refractivity contribution in [3.8, 4) is 0 Å². The molecule has 0 spiro atoms. The quantitative estimate of drug-likeness (QED) is 0.640. The molecule has 0 aliphatic heterocycles. The number of halogens is 1. The van der Waals surface area contributed by atoms with E-state index in [1.807, 2.05) is 0 Å². The molecular formula is C13H19Cl. The maximum absolute atomic E-state index is 5.82. The molecule has 1 aromatic rings. The smallest absolute Gasteiger partial charge is 0.0289 e. The van der Waals surface area contributed by atoms with Crippen LogP contribution in [0.15, 0.2) is 24.3 Å².